The number of hydrogen-bond acceptors (Lipinski definition) is 4. The van der Waals surface area contributed by atoms with Gasteiger partial charge in [0.05, 0.1) is 22.7 Å². The van der Waals surface area contributed by atoms with Crippen molar-refractivity contribution in [3.05, 3.63) is 119 Å². The maximum absolute atomic E-state index is 4.37. The molecular weight excluding hydrogens is 368 g/mol. The highest BCUT2D eigenvalue weighted by atomic mass is 15.1. The third-order valence-corrected chi connectivity index (χ3v) is 5.12. The minimum Gasteiger partial charge on any atom is -0.151 e. The fourth-order valence-electron chi connectivity index (χ4n) is 3.42. The molecule has 4 aromatic carbocycles. The van der Waals surface area contributed by atoms with Gasteiger partial charge in [0.2, 0.25) is 0 Å². The van der Waals surface area contributed by atoms with E-state index in [1.807, 2.05) is 48.5 Å². The second-order valence-electron chi connectivity index (χ2n) is 7.42. The molecule has 10 aliphatic heterocycles. The Labute approximate surface area is 175 Å². The van der Waals surface area contributed by atoms with Crippen LogP contribution in [0.15, 0.2) is 118 Å². The molecule has 0 spiro atoms. The first kappa shape index (κ1) is 18.1. The highest BCUT2D eigenvalue weighted by Gasteiger charge is 2.01. The van der Waals surface area contributed by atoms with Gasteiger partial charge in [-0.2, -0.15) is 20.5 Å². The second-order valence-corrected chi connectivity index (χ2v) is 7.42. The van der Waals surface area contributed by atoms with Crippen molar-refractivity contribution >= 4 is 22.7 Å². The lowest BCUT2D eigenvalue weighted by atomic mass is 10.0. The van der Waals surface area contributed by atoms with Gasteiger partial charge < -0.3 is 0 Å². The van der Waals surface area contributed by atoms with E-state index in [1.165, 1.54) is 22.3 Å². The summed E-state index contributed by atoms with van der Waals surface area (Å²) >= 11 is 0. The molecule has 0 fully saturated rings. The third kappa shape index (κ3) is 4.39. The molecule has 4 heteroatoms. The molecule has 0 amide bonds. The average molecular weight is 388 g/mol. The van der Waals surface area contributed by atoms with Crippen LogP contribution in [0.3, 0.4) is 0 Å². The average Bonchev–Trinajstić information content (AvgIpc) is 2.80. The Balaban J connectivity index is 1.50. The van der Waals surface area contributed by atoms with Crippen LogP contribution >= 0.6 is 0 Å². The zero-order chi connectivity index (χ0) is 20.2. The second kappa shape index (κ2) is 8.21. The van der Waals surface area contributed by atoms with Crippen LogP contribution in [0.25, 0.3) is 0 Å². The van der Waals surface area contributed by atoms with Crippen LogP contribution < -0.4 is 0 Å². The molecule has 4 aromatic rings. The Morgan fingerprint density at radius 1 is 0.300 bits per heavy atom. The minimum atomic E-state index is 0.848. The van der Waals surface area contributed by atoms with Crippen LogP contribution in [-0.4, -0.2) is 0 Å². The Hall–Kier alpha value is -3.92. The van der Waals surface area contributed by atoms with Gasteiger partial charge in [0.25, 0.3) is 0 Å². The van der Waals surface area contributed by atoms with Crippen LogP contribution in [0.2, 0.25) is 0 Å². The predicted octanol–water partition coefficient (Wildman–Crippen LogP) is 8.01. The maximum Gasteiger partial charge on any atom is 0.0857 e. The summed E-state index contributed by atoms with van der Waals surface area (Å²) < 4.78 is 0. The normalized spacial score (nSPS) is 12.8. The fraction of sp³-hybridized carbons (Fsp3) is 0.0769. The van der Waals surface area contributed by atoms with E-state index in [9.17, 15) is 0 Å². The van der Waals surface area contributed by atoms with Gasteiger partial charge in [-0.15, -0.1) is 0 Å². The fourth-order valence-corrected chi connectivity index (χ4v) is 3.42. The molecule has 8 bridgehead atoms. The van der Waals surface area contributed by atoms with Crippen molar-refractivity contribution < 1.29 is 0 Å². The van der Waals surface area contributed by atoms with E-state index < -0.39 is 0 Å². The van der Waals surface area contributed by atoms with Crippen LogP contribution in [0.5, 0.6) is 0 Å². The Bertz CT molecular complexity index is 994. The van der Waals surface area contributed by atoms with Gasteiger partial charge in [-0.3, -0.25) is 0 Å². The van der Waals surface area contributed by atoms with E-state index >= 15 is 0 Å². The molecule has 0 N–H and O–H groups in total. The molecule has 0 radical (unpaired) electrons. The summed E-state index contributed by atoms with van der Waals surface area (Å²) in [7, 11) is 0. The molecule has 4 nitrogen and oxygen atoms in total. The summed E-state index contributed by atoms with van der Waals surface area (Å²) in [5.41, 5.74) is 8.32. The van der Waals surface area contributed by atoms with Gasteiger partial charge in [-0.1, -0.05) is 48.5 Å². The van der Waals surface area contributed by atoms with Gasteiger partial charge in [-0.25, -0.2) is 0 Å². The topological polar surface area (TPSA) is 49.4 Å². The van der Waals surface area contributed by atoms with E-state index in [0.717, 1.165) is 35.6 Å². The molecule has 144 valence electrons. The van der Waals surface area contributed by atoms with Crippen molar-refractivity contribution in [2.45, 2.75) is 12.8 Å². The Morgan fingerprint density at radius 3 is 0.700 bits per heavy atom. The molecule has 30 heavy (non-hydrogen) atoms. The molecule has 10 heterocycles. The molecule has 14 rings (SSSR count). The lowest BCUT2D eigenvalue weighted by Gasteiger charge is -2.04. The molecule has 0 saturated heterocycles. The van der Waals surface area contributed by atoms with Crippen LogP contribution in [-0.2, 0) is 12.8 Å². The summed E-state index contributed by atoms with van der Waals surface area (Å²) in [5, 5.41) is 17.5. The van der Waals surface area contributed by atoms with E-state index in [4.69, 9.17) is 0 Å². The predicted molar refractivity (Wildman–Crippen MR) is 120 cm³/mol. The number of benzene rings is 4. The first-order chi connectivity index (χ1) is 14.8. The first-order valence-electron chi connectivity index (χ1n) is 9.99. The minimum absolute atomic E-state index is 0.848. The smallest absolute Gasteiger partial charge is 0.0857 e. The molecule has 0 saturated carbocycles. The number of azo groups is 2. The lowest BCUT2D eigenvalue weighted by Crippen LogP contribution is -1.87. The standard InChI is InChI=1S/C26H20N4/c1-9-23-10-2-19(1)17-20-3-11-25(12-4-20)29-30-26-15-7-22(8-16-26)18-21-5-13-24(14-6-21)28-27-23/h1-16H,17-18H2. The monoisotopic (exact) mass is 388 g/mol. The van der Waals surface area contributed by atoms with Crippen molar-refractivity contribution in [1.82, 2.24) is 0 Å². The molecule has 0 aliphatic carbocycles. The SMILES string of the molecule is c1cc2ccc1Cc1ccc(cc1)N=Nc1ccc(cc1)Cc1ccc(cc1)N=N2. The van der Waals surface area contributed by atoms with Crippen LogP contribution in [0, 0.1) is 0 Å². The van der Waals surface area contributed by atoms with Crippen molar-refractivity contribution in [2.75, 3.05) is 0 Å². The number of hydrogen-bond donors (Lipinski definition) is 0. The third-order valence-electron chi connectivity index (χ3n) is 5.12. The summed E-state index contributed by atoms with van der Waals surface area (Å²) in [5.74, 6) is 0. The Morgan fingerprint density at radius 2 is 0.500 bits per heavy atom. The maximum atomic E-state index is 4.37. The molecule has 0 aromatic heterocycles. The molecule has 0 atom stereocenters. The van der Waals surface area contributed by atoms with Gasteiger partial charge in [0, 0.05) is 0 Å². The first-order valence-corrected chi connectivity index (χ1v) is 9.99. The highest BCUT2D eigenvalue weighted by molar-refractivity contribution is 5.46. The zero-order valence-electron chi connectivity index (χ0n) is 16.4. The summed E-state index contributed by atoms with van der Waals surface area (Å²) in [4.78, 5) is 0. The molecule has 10 aliphatic rings. The van der Waals surface area contributed by atoms with Crippen molar-refractivity contribution in [3.8, 4) is 0 Å². The van der Waals surface area contributed by atoms with Crippen molar-refractivity contribution in [2.24, 2.45) is 20.5 Å². The zero-order valence-corrected chi connectivity index (χ0v) is 16.4. The summed E-state index contributed by atoms with van der Waals surface area (Å²) in [6.45, 7) is 0. The quantitative estimate of drug-likeness (QED) is 0.258. The van der Waals surface area contributed by atoms with Gasteiger partial charge in [0.1, 0.15) is 0 Å². The Kier molecular flexibility index (Phi) is 4.96. The highest BCUT2D eigenvalue weighted by Crippen LogP contribution is 2.24. The van der Waals surface area contributed by atoms with Gasteiger partial charge in [0.15, 0.2) is 0 Å². The lowest BCUT2D eigenvalue weighted by molar-refractivity contribution is 1.15. The van der Waals surface area contributed by atoms with Gasteiger partial charge in [-0.05, 0) is 83.6 Å². The van der Waals surface area contributed by atoms with Crippen molar-refractivity contribution in [1.29, 1.82) is 0 Å². The van der Waals surface area contributed by atoms with E-state index in [-0.39, 0.29) is 0 Å². The number of rotatable bonds is 0. The van der Waals surface area contributed by atoms with E-state index in [1.54, 1.807) is 0 Å². The molecule has 0 unspecified atom stereocenters. The summed E-state index contributed by atoms with van der Waals surface area (Å²) in [6.07, 6.45) is 1.72. The van der Waals surface area contributed by atoms with Crippen molar-refractivity contribution in [3.63, 3.8) is 0 Å². The van der Waals surface area contributed by atoms with E-state index in [0.29, 0.717) is 0 Å². The molecular formula is C26H20N4. The summed E-state index contributed by atoms with van der Waals surface area (Å²) in [6, 6.07) is 32.8. The van der Waals surface area contributed by atoms with E-state index in [2.05, 4.69) is 69.0 Å². The van der Waals surface area contributed by atoms with Crippen LogP contribution in [0.4, 0.5) is 22.7 Å². The largest absolute Gasteiger partial charge is 0.151 e. The van der Waals surface area contributed by atoms with Crippen LogP contribution in [0.1, 0.15) is 22.3 Å². The number of nitrogens with zero attached hydrogens (tertiary/aromatic N) is 4. The van der Waals surface area contributed by atoms with Gasteiger partial charge >= 0.3 is 0 Å².